The molecule has 45 heavy (non-hydrogen) atoms. The second-order valence-electron chi connectivity index (χ2n) is 12.3. The second kappa shape index (κ2) is 14.0. The van der Waals surface area contributed by atoms with Crippen molar-refractivity contribution in [1.82, 2.24) is 14.8 Å². The van der Waals surface area contributed by atoms with E-state index >= 15 is 0 Å². The van der Waals surface area contributed by atoms with Crippen molar-refractivity contribution >= 4 is 27.8 Å². The topological polar surface area (TPSA) is 97.8 Å². The van der Waals surface area contributed by atoms with E-state index in [2.05, 4.69) is 69.5 Å². The van der Waals surface area contributed by atoms with E-state index in [0.29, 0.717) is 5.69 Å². The lowest BCUT2D eigenvalue weighted by atomic mass is 9.95. The van der Waals surface area contributed by atoms with E-state index in [-0.39, 0.29) is 17.1 Å². The molecule has 0 spiro atoms. The third-order valence-electron chi connectivity index (χ3n) is 8.69. The van der Waals surface area contributed by atoms with Crippen molar-refractivity contribution in [3.8, 4) is 5.75 Å². The molecule has 0 bridgehead atoms. The van der Waals surface area contributed by atoms with Gasteiger partial charge in [0.1, 0.15) is 23.7 Å². The molecule has 3 aromatic carbocycles. The Morgan fingerprint density at radius 1 is 0.956 bits per heavy atom. The Morgan fingerprint density at radius 3 is 2.36 bits per heavy atom. The summed E-state index contributed by atoms with van der Waals surface area (Å²) in [6.07, 6.45) is 2.29. The van der Waals surface area contributed by atoms with E-state index in [9.17, 15) is 27.9 Å². The minimum absolute atomic E-state index is 0.150. The zero-order valence-corrected chi connectivity index (χ0v) is 25.7. The number of anilines is 3. The molecule has 240 valence electrons. The van der Waals surface area contributed by atoms with Gasteiger partial charge in [0.05, 0.1) is 17.6 Å². The second-order valence-corrected chi connectivity index (χ2v) is 12.3. The molecule has 0 radical (unpaired) electrons. The van der Waals surface area contributed by atoms with Crippen LogP contribution in [0.15, 0.2) is 64.3 Å². The molecule has 8 nitrogen and oxygen atoms in total. The molecule has 1 atom stereocenters. The van der Waals surface area contributed by atoms with Gasteiger partial charge >= 0.3 is 6.18 Å². The van der Waals surface area contributed by atoms with Crippen molar-refractivity contribution in [3.05, 3.63) is 86.4 Å². The summed E-state index contributed by atoms with van der Waals surface area (Å²) in [6.45, 7) is 8.81. The van der Waals surface area contributed by atoms with Gasteiger partial charge in [0.25, 0.3) is 10.9 Å². The fourth-order valence-electron chi connectivity index (χ4n) is 6.20. The van der Waals surface area contributed by atoms with Gasteiger partial charge in [-0.1, -0.05) is 43.3 Å². The van der Waals surface area contributed by atoms with Crippen LogP contribution in [0.1, 0.15) is 43.9 Å². The number of hydrogen-bond acceptors (Lipinski definition) is 8. The fourth-order valence-corrected chi connectivity index (χ4v) is 6.20. The molecular formula is C34H40F3N5O3. The molecule has 2 aliphatic rings. The van der Waals surface area contributed by atoms with Crippen LogP contribution >= 0.6 is 0 Å². The van der Waals surface area contributed by atoms with Crippen molar-refractivity contribution in [1.29, 1.82) is 0 Å². The third-order valence-corrected chi connectivity index (χ3v) is 8.69. The number of halogens is 3. The molecule has 2 fully saturated rings. The molecule has 2 aliphatic heterocycles. The van der Waals surface area contributed by atoms with E-state index in [1.165, 1.54) is 80.5 Å². The van der Waals surface area contributed by atoms with Crippen LogP contribution < -0.4 is 21.5 Å². The fraction of sp³-hybridized carbons (Fsp3) is 0.441. The number of aromatic hydroxyl groups is 1. The molecule has 0 saturated carbocycles. The first-order valence-electron chi connectivity index (χ1n) is 15.5. The van der Waals surface area contributed by atoms with Gasteiger partial charge < -0.3 is 20.6 Å². The Labute approximate surface area is 260 Å². The first kappa shape index (κ1) is 32.4. The lowest BCUT2D eigenvalue weighted by Crippen LogP contribution is -2.47. The van der Waals surface area contributed by atoms with Gasteiger partial charge in [0.2, 0.25) is 0 Å². The predicted octanol–water partition coefficient (Wildman–Crippen LogP) is 5.95. The van der Waals surface area contributed by atoms with Gasteiger partial charge in [-0.25, -0.2) is 0 Å². The number of nitrogens with one attached hydrogen (secondary N) is 2. The Hall–Kier alpha value is -3.96. The normalized spacial score (nSPS) is 18.5. The number of benzene rings is 2. The van der Waals surface area contributed by atoms with Crippen LogP contribution in [0.4, 0.5) is 30.2 Å². The van der Waals surface area contributed by atoms with E-state index in [0.717, 1.165) is 18.5 Å². The van der Waals surface area contributed by atoms with Gasteiger partial charge in [-0.3, -0.25) is 19.5 Å². The Morgan fingerprint density at radius 2 is 1.67 bits per heavy atom. The molecule has 2 saturated heterocycles. The number of likely N-dealkylation sites (tertiary alicyclic amines) is 2. The number of aromatic nitrogens is 1. The molecule has 6 rings (SSSR count). The van der Waals surface area contributed by atoms with Crippen LogP contribution in [0.5, 0.6) is 5.75 Å². The van der Waals surface area contributed by atoms with Crippen LogP contribution in [0.2, 0.25) is 0 Å². The zero-order valence-electron chi connectivity index (χ0n) is 25.7. The first-order valence-corrected chi connectivity index (χ1v) is 15.5. The molecule has 0 amide bonds. The minimum Gasteiger partial charge on any atom is -0.506 e. The summed E-state index contributed by atoms with van der Waals surface area (Å²) < 4.78 is 36.3. The number of piperidine rings is 2. The highest BCUT2D eigenvalue weighted by atomic mass is 19.4. The van der Waals surface area contributed by atoms with Gasteiger partial charge in [-0.15, -0.1) is 0 Å². The van der Waals surface area contributed by atoms with E-state index in [4.69, 9.17) is 0 Å². The monoisotopic (exact) mass is 623 g/mol. The maximum absolute atomic E-state index is 12.1. The van der Waals surface area contributed by atoms with E-state index < -0.39 is 29.3 Å². The van der Waals surface area contributed by atoms with Crippen LogP contribution in [0.25, 0.3) is 10.8 Å². The summed E-state index contributed by atoms with van der Waals surface area (Å²) in [6, 6.07) is 17.7. The number of rotatable bonds is 7. The number of hydrogen-bond donors (Lipinski definition) is 3. The molecule has 4 aromatic rings. The van der Waals surface area contributed by atoms with Crippen LogP contribution in [0, 0.1) is 12.8 Å². The predicted molar refractivity (Wildman–Crippen MR) is 172 cm³/mol. The molecule has 3 N–H and O–H groups in total. The zero-order chi connectivity index (χ0) is 32.1. The lowest BCUT2D eigenvalue weighted by Gasteiger charge is -2.41. The third kappa shape index (κ3) is 8.40. The number of alkyl halides is 3. The van der Waals surface area contributed by atoms with Crippen molar-refractivity contribution < 1.29 is 18.3 Å². The number of aryl methyl sites for hydroxylation is 1. The average Bonchev–Trinajstić information content (AvgIpc) is 3.02. The summed E-state index contributed by atoms with van der Waals surface area (Å²) in [4.78, 5) is 31.9. The lowest BCUT2D eigenvalue weighted by molar-refractivity contribution is -0.115. The van der Waals surface area contributed by atoms with Crippen molar-refractivity contribution in [3.63, 3.8) is 0 Å². The largest absolute Gasteiger partial charge is 0.506 e. The summed E-state index contributed by atoms with van der Waals surface area (Å²) in [5, 5.41) is 16.5. The minimum atomic E-state index is -4.51. The van der Waals surface area contributed by atoms with Crippen molar-refractivity contribution in [2.45, 2.75) is 58.3 Å². The summed E-state index contributed by atoms with van der Waals surface area (Å²) in [5.41, 5.74) is -0.683. The number of fused-ring (bicyclic) bond motifs is 1. The molecular weight excluding hydrogens is 583 g/mol. The highest BCUT2D eigenvalue weighted by Crippen LogP contribution is 2.27. The number of nitrogens with zero attached hydrogens (tertiary/aromatic N) is 3. The van der Waals surface area contributed by atoms with Crippen molar-refractivity contribution in [2.75, 3.05) is 43.4 Å². The average molecular weight is 624 g/mol. The smallest absolute Gasteiger partial charge is 0.405 e. The quantitative estimate of drug-likeness (QED) is 0.218. The van der Waals surface area contributed by atoms with Gasteiger partial charge in [-0.2, -0.15) is 13.2 Å². The highest BCUT2D eigenvalue weighted by molar-refractivity contribution is 5.83. The summed E-state index contributed by atoms with van der Waals surface area (Å²) in [5.74, 6) is 0.748. The first-order chi connectivity index (χ1) is 21.5. The van der Waals surface area contributed by atoms with Gasteiger partial charge in [0.15, 0.2) is 0 Å². The molecule has 0 aliphatic carbocycles. The van der Waals surface area contributed by atoms with Crippen LogP contribution in [0.3, 0.4) is 0 Å². The van der Waals surface area contributed by atoms with Crippen LogP contribution in [-0.4, -0.2) is 64.8 Å². The van der Waals surface area contributed by atoms with E-state index in [1.807, 2.05) is 5.32 Å². The summed E-state index contributed by atoms with van der Waals surface area (Å²) >= 11 is 0. The SMILES string of the molecule is CC1CCCN(C2CCN(Cc3ccc4ccccc4c3)CC2)C1.Cc1ncc(Nc2c(NCC(F)(F)F)c(=O)c2=O)cc1O. The Bertz CT molecular complexity index is 1680. The number of pyridine rings is 1. The molecule has 11 heteroatoms. The maximum atomic E-state index is 12.1. The Balaban J connectivity index is 0.000000180. The summed E-state index contributed by atoms with van der Waals surface area (Å²) in [7, 11) is 0. The Kier molecular flexibility index (Phi) is 10.1. The van der Waals surface area contributed by atoms with Gasteiger partial charge in [0, 0.05) is 25.2 Å². The van der Waals surface area contributed by atoms with Crippen molar-refractivity contribution in [2.24, 2.45) is 5.92 Å². The molecule has 3 heterocycles. The maximum Gasteiger partial charge on any atom is 0.405 e. The highest BCUT2D eigenvalue weighted by Gasteiger charge is 2.30. The van der Waals surface area contributed by atoms with E-state index in [1.54, 1.807) is 6.92 Å². The molecule has 1 aromatic heterocycles. The molecule has 1 unspecified atom stereocenters. The standard InChI is InChI=1S/C22H30N2.C12H10F3N3O3/c1-18-5-4-12-24(16-18)22-10-13-23(14-11-22)17-19-8-9-20-6-2-3-7-21(20)15-19;1-5-7(19)2-6(3-16-5)18-9-8(10(20)11(9)21)17-4-12(13,14)15/h2-3,6-9,15,18,22H,4-5,10-14,16-17H2,1H3;2-3,17-19H,4H2,1H3. The van der Waals surface area contributed by atoms with Gasteiger partial charge in [-0.05, 0) is 80.6 Å². The van der Waals surface area contributed by atoms with Crippen LogP contribution in [-0.2, 0) is 6.54 Å².